The highest BCUT2D eigenvalue weighted by Crippen LogP contribution is 2.34. The van der Waals surface area contributed by atoms with Crippen LogP contribution in [0, 0.1) is 5.92 Å². The van der Waals surface area contributed by atoms with Gasteiger partial charge in [-0.2, -0.15) is 0 Å². The number of carbonyl (C=O) groups excluding carboxylic acids is 1. The molecule has 76 valence electrons. The fourth-order valence-corrected chi connectivity index (χ4v) is 1.77. The van der Waals surface area contributed by atoms with Crippen LogP contribution in [0.2, 0.25) is 0 Å². The first kappa shape index (κ1) is 10.8. The van der Waals surface area contributed by atoms with Gasteiger partial charge in [0, 0.05) is 17.3 Å². The van der Waals surface area contributed by atoms with Crippen molar-refractivity contribution in [1.82, 2.24) is 5.32 Å². The normalized spacial score (nSPS) is 21.8. The molecule has 0 bridgehead atoms. The summed E-state index contributed by atoms with van der Waals surface area (Å²) in [6.07, 6.45) is 4.53. The van der Waals surface area contributed by atoms with Crippen LogP contribution >= 0.6 is 11.6 Å². The highest BCUT2D eigenvalue weighted by atomic mass is 35.5. The zero-order valence-electron chi connectivity index (χ0n) is 8.40. The van der Waals surface area contributed by atoms with Crippen molar-refractivity contribution in [3.8, 4) is 0 Å². The van der Waals surface area contributed by atoms with Crippen molar-refractivity contribution in [3.05, 3.63) is 0 Å². The Morgan fingerprint density at radius 2 is 2.23 bits per heavy atom. The van der Waals surface area contributed by atoms with Crippen LogP contribution in [0.5, 0.6) is 0 Å². The maximum absolute atomic E-state index is 11.5. The molecule has 1 rings (SSSR count). The Hall–Kier alpha value is -0.240. The van der Waals surface area contributed by atoms with Gasteiger partial charge in [-0.05, 0) is 25.7 Å². The Balaban J connectivity index is 2.42. The van der Waals surface area contributed by atoms with Gasteiger partial charge in [0.05, 0.1) is 0 Å². The Kier molecular flexibility index (Phi) is 3.60. The summed E-state index contributed by atoms with van der Waals surface area (Å²) in [5, 5.41) is 3.11. The second kappa shape index (κ2) is 4.32. The van der Waals surface area contributed by atoms with Crippen molar-refractivity contribution in [3.63, 3.8) is 0 Å². The van der Waals surface area contributed by atoms with E-state index in [0.717, 1.165) is 19.3 Å². The van der Waals surface area contributed by atoms with E-state index >= 15 is 0 Å². The number of hydrogen-bond acceptors (Lipinski definition) is 1. The Morgan fingerprint density at radius 3 is 2.54 bits per heavy atom. The monoisotopic (exact) mass is 203 g/mol. The van der Waals surface area contributed by atoms with Crippen molar-refractivity contribution in [2.24, 2.45) is 5.92 Å². The highest BCUT2D eigenvalue weighted by Gasteiger charge is 2.36. The van der Waals surface area contributed by atoms with E-state index in [-0.39, 0.29) is 17.4 Å². The summed E-state index contributed by atoms with van der Waals surface area (Å²) in [6.45, 7) is 4.00. The molecule has 0 aromatic rings. The lowest BCUT2D eigenvalue weighted by atomic mass is 9.74. The third-order valence-electron chi connectivity index (χ3n) is 3.05. The minimum atomic E-state index is -0.0642. The molecule has 0 heterocycles. The second-order valence-corrected chi connectivity index (χ2v) is 4.34. The number of nitrogens with one attached hydrogen (secondary N) is 1. The summed E-state index contributed by atoms with van der Waals surface area (Å²) in [7, 11) is 0. The van der Waals surface area contributed by atoms with Crippen molar-refractivity contribution in [2.75, 3.05) is 5.88 Å². The molecule has 1 fully saturated rings. The van der Waals surface area contributed by atoms with Gasteiger partial charge < -0.3 is 5.32 Å². The van der Waals surface area contributed by atoms with E-state index in [0.29, 0.717) is 5.88 Å². The van der Waals surface area contributed by atoms with E-state index in [2.05, 4.69) is 12.2 Å². The van der Waals surface area contributed by atoms with Gasteiger partial charge in [-0.3, -0.25) is 4.79 Å². The van der Waals surface area contributed by atoms with Crippen LogP contribution in [0.15, 0.2) is 0 Å². The fourth-order valence-electron chi connectivity index (χ4n) is 1.63. The van der Waals surface area contributed by atoms with Gasteiger partial charge in [0.25, 0.3) is 0 Å². The molecule has 1 amide bonds. The predicted octanol–water partition coefficient (Wildman–Crippen LogP) is 2.31. The molecule has 1 aliphatic carbocycles. The lowest BCUT2D eigenvalue weighted by Crippen LogP contribution is -2.54. The van der Waals surface area contributed by atoms with Gasteiger partial charge in [-0.15, -0.1) is 11.6 Å². The third kappa shape index (κ3) is 2.37. The molecule has 1 aliphatic rings. The van der Waals surface area contributed by atoms with Gasteiger partial charge in [0.2, 0.25) is 5.91 Å². The van der Waals surface area contributed by atoms with E-state index < -0.39 is 0 Å². The quantitative estimate of drug-likeness (QED) is 0.699. The molecule has 13 heavy (non-hydrogen) atoms. The van der Waals surface area contributed by atoms with Crippen LogP contribution in [0.1, 0.15) is 39.5 Å². The minimum Gasteiger partial charge on any atom is -0.350 e. The third-order valence-corrected chi connectivity index (χ3v) is 3.52. The van der Waals surface area contributed by atoms with Crippen molar-refractivity contribution >= 4 is 17.5 Å². The molecule has 0 aromatic carbocycles. The molecule has 1 saturated carbocycles. The number of amides is 1. The average molecular weight is 204 g/mol. The number of carbonyl (C=O) groups is 1. The molecular formula is C10H18ClNO. The summed E-state index contributed by atoms with van der Waals surface area (Å²) in [5.74, 6) is 0.452. The molecule has 0 radical (unpaired) electrons. The fraction of sp³-hybridized carbons (Fsp3) is 0.900. The van der Waals surface area contributed by atoms with Crippen LogP contribution in [-0.4, -0.2) is 17.3 Å². The largest absolute Gasteiger partial charge is 0.350 e. The molecule has 1 atom stereocenters. The van der Waals surface area contributed by atoms with Crippen molar-refractivity contribution < 1.29 is 4.79 Å². The van der Waals surface area contributed by atoms with Gasteiger partial charge in [0.1, 0.15) is 0 Å². The van der Waals surface area contributed by atoms with E-state index in [9.17, 15) is 4.79 Å². The average Bonchev–Trinajstić information content (AvgIpc) is 2.09. The van der Waals surface area contributed by atoms with Gasteiger partial charge in [-0.1, -0.05) is 13.8 Å². The molecule has 3 heteroatoms. The highest BCUT2D eigenvalue weighted by molar-refractivity contribution is 6.19. The molecular weight excluding hydrogens is 186 g/mol. The molecule has 1 N–H and O–H groups in total. The Morgan fingerprint density at radius 1 is 1.62 bits per heavy atom. The maximum Gasteiger partial charge on any atom is 0.224 e. The first-order chi connectivity index (χ1) is 6.13. The summed E-state index contributed by atoms with van der Waals surface area (Å²) in [4.78, 5) is 11.5. The summed E-state index contributed by atoms with van der Waals surface area (Å²) in [6, 6.07) is 0. The lowest BCUT2D eigenvalue weighted by molar-refractivity contribution is -0.127. The number of halogens is 1. The van der Waals surface area contributed by atoms with Gasteiger partial charge >= 0.3 is 0 Å². The minimum absolute atomic E-state index is 0.0642. The topological polar surface area (TPSA) is 29.1 Å². The van der Waals surface area contributed by atoms with Crippen LogP contribution in [-0.2, 0) is 4.79 Å². The summed E-state index contributed by atoms with van der Waals surface area (Å²) >= 11 is 5.62. The summed E-state index contributed by atoms with van der Waals surface area (Å²) < 4.78 is 0. The Labute approximate surface area is 85.0 Å². The van der Waals surface area contributed by atoms with Gasteiger partial charge in [0.15, 0.2) is 0 Å². The second-order valence-electron chi connectivity index (χ2n) is 4.03. The van der Waals surface area contributed by atoms with Crippen LogP contribution < -0.4 is 5.32 Å². The molecule has 1 unspecified atom stereocenters. The zero-order chi connectivity index (χ0) is 9.90. The number of alkyl halides is 1. The number of hydrogen-bond donors (Lipinski definition) is 1. The first-order valence-corrected chi connectivity index (χ1v) is 5.55. The molecule has 0 spiro atoms. The maximum atomic E-state index is 11.5. The summed E-state index contributed by atoms with van der Waals surface area (Å²) in [5.41, 5.74) is 0.109. The molecule has 0 saturated heterocycles. The smallest absolute Gasteiger partial charge is 0.224 e. The van der Waals surface area contributed by atoms with Crippen LogP contribution in [0.25, 0.3) is 0 Å². The lowest BCUT2D eigenvalue weighted by Gasteiger charge is -2.42. The first-order valence-electron chi connectivity index (χ1n) is 5.01. The predicted molar refractivity (Wildman–Crippen MR) is 54.9 cm³/mol. The Bertz CT molecular complexity index is 184. The van der Waals surface area contributed by atoms with E-state index in [1.807, 2.05) is 6.92 Å². The molecule has 0 aromatic heterocycles. The van der Waals surface area contributed by atoms with Crippen molar-refractivity contribution in [1.29, 1.82) is 0 Å². The SMILES string of the molecule is CCC1(NC(=O)C(C)CCl)CCC1. The number of rotatable bonds is 4. The van der Waals surface area contributed by atoms with Crippen LogP contribution in [0.3, 0.4) is 0 Å². The van der Waals surface area contributed by atoms with E-state index in [1.165, 1.54) is 6.42 Å². The zero-order valence-corrected chi connectivity index (χ0v) is 9.16. The molecule has 2 nitrogen and oxygen atoms in total. The standard InChI is InChI=1S/C10H18ClNO/c1-3-10(5-4-6-10)12-9(13)8(2)7-11/h8H,3-7H2,1-2H3,(H,12,13). The van der Waals surface area contributed by atoms with E-state index in [1.54, 1.807) is 0 Å². The molecule has 0 aliphatic heterocycles. The van der Waals surface area contributed by atoms with Crippen LogP contribution in [0.4, 0.5) is 0 Å². The van der Waals surface area contributed by atoms with E-state index in [4.69, 9.17) is 11.6 Å². The van der Waals surface area contributed by atoms with Crippen molar-refractivity contribution in [2.45, 2.75) is 45.1 Å². The van der Waals surface area contributed by atoms with Gasteiger partial charge in [-0.25, -0.2) is 0 Å².